The second kappa shape index (κ2) is 4.93. The maximum absolute atomic E-state index is 13.2. The Bertz CT molecular complexity index is 345. The first-order valence-corrected chi connectivity index (χ1v) is 5.85. The lowest BCUT2D eigenvalue weighted by atomic mass is 10.1. The fourth-order valence-electron chi connectivity index (χ4n) is 2.32. The fraction of sp³-hybridized carbons (Fsp3) is 0.538. The third-order valence-electron chi connectivity index (χ3n) is 2.96. The number of hydrogen-bond acceptors (Lipinski definition) is 2. The van der Waals surface area contributed by atoms with E-state index < -0.39 is 0 Å². The minimum Gasteiger partial charge on any atom is -0.312 e. The van der Waals surface area contributed by atoms with Crippen LogP contribution in [0.15, 0.2) is 18.2 Å². The summed E-state index contributed by atoms with van der Waals surface area (Å²) < 4.78 is 13.2. The number of hydrogen-bond donors (Lipinski definition) is 1. The van der Waals surface area contributed by atoms with E-state index in [9.17, 15) is 4.39 Å². The van der Waals surface area contributed by atoms with Gasteiger partial charge < -0.3 is 5.32 Å². The molecule has 1 N–H and O–H groups in total. The van der Waals surface area contributed by atoms with Gasteiger partial charge in [0.2, 0.25) is 0 Å². The Labute approximate surface area is 96.5 Å². The van der Waals surface area contributed by atoms with Crippen LogP contribution in [0.2, 0.25) is 0 Å². The van der Waals surface area contributed by atoms with Gasteiger partial charge in [-0.25, -0.2) is 4.39 Å². The lowest BCUT2D eigenvalue weighted by molar-refractivity contribution is 0.199. The Morgan fingerprint density at radius 2 is 2.25 bits per heavy atom. The van der Waals surface area contributed by atoms with Crippen molar-refractivity contribution in [3.8, 4) is 0 Å². The van der Waals surface area contributed by atoms with Gasteiger partial charge in [-0.3, -0.25) is 4.90 Å². The van der Waals surface area contributed by atoms with Crippen molar-refractivity contribution in [2.45, 2.75) is 26.4 Å². The molecule has 0 amide bonds. The van der Waals surface area contributed by atoms with E-state index in [1.807, 2.05) is 6.92 Å². The first-order valence-electron chi connectivity index (χ1n) is 5.85. The molecule has 2 nitrogen and oxygen atoms in total. The van der Waals surface area contributed by atoms with Gasteiger partial charge in [-0.1, -0.05) is 6.07 Å². The SMILES string of the molecule is Cc1cc(F)cc(CN2CCN[C@H](C)C2)c1. The summed E-state index contributed by atoms with van der Waals surface area (Å²) in [7, 11) is 0. The van der Waals surface area contributed by atoms with Gasteiger partial charge in [0.1, 0.15) is 5.82 Å². The van der Waals surface area contributed by atoms with Crippen molar-refractivity contribution >= 4 is 0 Å². The molecule has 2 rings (SSSR count). The standard InChI is InChI=1S/C13H19FN2/c1-10-5-12(7-13(14)6-10)9-16-4-3-15-11(2)8-16/h5-7,11,15H,3-4,8-9H2,1-2H3/t11-/m1/s1. The van der Waals surface area contributed by atoms with Gasteiger partial charge >= 0.3 is 0 Å². The van der Waals surface area contributed by atoms with Crippen molar-refractivity contribution in [1.29, 1.82) is 0 Å². The molecule has 0 radical (unpaired) electrons. The van der Waals surface area contributed by atoms with Crippen LogP contribution in [-0.4, -0.2) is 30.6 Å². The molecule has 1 aliphatic rings. The molecule has 1 fully saturated rings. The highest BCUT2D eigenvalue weighted by molar-refractivity contribution is 5.23. The highest BCUT2D eigenvalue weighted by Crippen LogP contribution is 2.12. The van der Waals surface area contributed by atoms with E-state index >= 15 is 0 Å². The number of benzene rings is 1. The fourth-order valence-corrected chi connectivity index (χ4v) is 2.32. The quantitative estimate of drug-likeness (QED) is 0.822. The first-order chi connectivity index (χ1) is 7.63. The van der Waals surface area contributed by atoms with Crippen molar-refractivity contribution in [3.05, 3.63) is 35.1 Å². The summed E-state index contributed by atoms with van der Waals surface area (Å²) >= 11 is 0. The summed E-state index contributed by atoms with van der Waals surface area (Å²) in [4.78, 5) is 2.37. The Hall–Kier alpha value is -0.930. The molecule has 1 aliphatic heterocycles. The number of aryl methyl sites for hydroxylation is 1. The number of rotatable bonds is 2. The van der Waals surface area contributed by atoms with Gasteiger partial charge in [-0.05, 0) is 37.1 Å². The van der Waals surface area contributed by atoms with Crippen molar-refractivity contribution in [3.63, 3.8) is 0 Å². The summed E-state index contributed by atoms with van der Waals surface area (Å²) in [5.41, 5.74) is 2.07. The smallest absolute Gasteiger partial charge is 0.123 e. The van der Waals surface area contributed by atoms with E-state index in [0.29, 0.717) is 6.04 Å². The predicted molar refractivity (Wildman–Crippen MR) is 63.9 cm³/mol. The highest BCUT2D eigenvalue weighted by atomic mass is 19.1. The molecule has 0 aromatic heterocycles. The van der Waals surface area contributed by atoms with Gasteiger partial charge in [0.15, 0.2) is 0 Å². The Morgan fingerprint density at radius 1 is 1.44 bits per heavy atom. The van der Waals surface area contributed by atoms with Crippen molar-refractivity contribution < 1.29 is 4.39 Å². The van der Waals surface area contributed by atoms with Crippen LogP contribution in [-0.2, 0) is 6.54 Å². The number of piperazine rings is 1. The van der Waals surface area contributed by atoms with Crippen LogP contribution in [0.1, 0.15) is 18.1 Å². The van der Waals surface area contributed by atoms with E-state index in [0.717, 1.165) is 37.3 Å². The molecular weight excluding hydrogens is 203 g/mol. The summed E-state index contributed by atoms with van der Waals surface area (Å²) in [6.45, 7) is 8.07. The van der Waals surface area contributed by atoms with Crippen LogP contribution in [0.4, 0.5) is 4.39 Å². The van der Waals surface area contributed by atoms with E-state index in [-0.39, 0.29) is 5.82 Å². The molecule has 1 aromatic carbocycles. The van der Waals surface area contributed by atoms with Crippen LogP contribution in [0.25, 0.3) is 0 Å². The maximum Gasteiger partial charge on any atom is 0.123 e. The number of nitrogens with one attached hydrogen (secondary N) is 1. The summed E-state index contributed by atoms with van der Waals surface area (Å²) in [6.07, 6.45) is 0. The van der Waals surface area contributed by atoms with E-state index in [1.54, 1.807) is 12.1 Å². The van der Waals surface area contributed by atoms with Gasteiger partial charge in [0.05, 0.1) is 0 Å². The maximum atomic E-state index is 13.2. The first kappa shape index (κ1) is 11.6. The molecule has 3 heteroatoms. The molecule has 1 heterocycles. The van der Waals surface area contributed by atoms with Crippen LogP contribution in [0.5, 0.6) is 0 Å². The van der Waals surface area contributed by atoms with Crippen molar-refractivity contribution in [2.75, 3.05) is 19.6 Å². The Balaban J connectivity index is 2.02. The minimum atomic E-state index is -0.127. The summed E-state index contributed by atoms with van der Waals surface area (Å²) in [6, 6.07) is 5.81. The second-order valence-electron chi connectivity index (χ2n) is 4.73. The van der Waals surface area contributed by atoms with Gasteiger partial charge in [-0.2, -0.15) is 0 Å². The van der Waals surface area contributed by atoms with Crippen molar-refractivity contribution in [2.24, 2.45) is 0 Å². The lowest BCUT2D eigenvalue weighted by Crippen LogP contribution is -2.48. The minimum absolute atomic E-state index is 0.127. The van der Waals surface area contributed by atoms with Gasteiger partial charge in [-0.15, -0.1) is 0 Å². The molecule has 88 valence electrons. The number of halogens is 1. The van der Waals surface area contributed by atoms with Crippen LogP contribution in [0.3, 0.4) is 0 Å². The zero-order valence-corrected chi connectivity index (χ0v) is 9.96. The summed E-state index contributed by atoms with van der Waals surface area (Å²) in [5.74, 6) is -0.127. The molecule has 1 saturated heterocycles. The zero-order chi connectivity index (χ0) is 11.5. The topological polar surface area (TPSA) is 15.3 Å². The zero-order valence-electron chi connectivity index (χ0n) is 9.96. The highest BCUT2D eigenvalue weighted by Gasteiger charge is 2.15. The second-order valence-corrected chi connectivity index (χ2v) is 4.73. The largest absolute Gasteiger partial charge is 0.312 e. The molecular formula is C13H19FN2. The third-order valence-corrected chi connectivity index (χ3v) is 2.96. The van der Waals surface area contributed by atoms with Gasteiger partial charge in [0, 0.05) is 32.2 Å². The van der Waals surface area contributed by atoms with Gasteiger partial charge in [0.25, 0.3) is 0 Å². The molecule has 1 atom stereocenters. The molecule has 0 unspecified atom stereocenters. The van der Waals surface area contributed by atoms with Crippen LogP contribution in [0, 0.1) is 12.7 Å². The average molecular weight is 222 g/mol. The molecule has 1 aromatic rings. The Morgan fingerprint density at radius 3 is 2.94 bits per heavy atom. The van der Waals surface area contributed by atoms with E-state index in [4.69, 9.17) is 0 Å². The number of nitrogens with zero attached hydrogens (tertiary/aromatic N) is 1. The molecule has 16 heavy (non-hydrogen) atoms. The normalized spacial score (nSPS) is 22.3. The lowest BCUT2D eigenvalue weighted by Gasteiger charge is -2.31. The Kier molecular flexibility index (Phi) is 3.56. The molecule has 0 saturated carbocycles. The molecule has 0 bridgehead atoms. The average Bonchev–Trinajstić information content (AvgIpc) is 2.15. The third kappa shape index (κ3) is 3.03. The molecule has 0 spiro atoms. The molecule has 0 aliphatic carbocycles. The summed E-state index contributed by atoms with van der Waals surface area (Å²) in [5, 5.41) is 3.40. The van der Waals surface area contributed by atoms with E-state index in [2.05, 4.69) is 23.2 Å². The van der Waals surface area contributed by atoms with Crippen LogP contribution >= 0.6 is 0 Å². The monoisotopic (exact) mass is 222 g/mol. The van der Waals surface area contributed by atoms with Crippen molar-refractivity contribution in [1.82, 2.24) is 10.2 Å². The predicted octanol–water partition coefficient (Wildman–Crippen LogP) is 1.93. The van der Waals surface area contributed by atoms with Crippen LogP contribution < -0.4 is 5.32 Å². The van der Waals surface area contributed by atoms with E-state index in [1.165, 1.54) is 0 Å².